The molecule has 0 aliphatic carbocycles. The topological polar surface area (TPSA) is 84.6 Å². The van der Waals surface area contributed by atoms with E-state index in [2.05, 4.69) is 6.07 Å². The number of aryl methyl sites for hydroxylation is 1. The van der Waals surface area contributed by atoms with E-state index in [1.165, 1.54) is 6.92 Å². The highest BCUT2D eigenvalue weighted by molar-refractivity contribution is 6.32. The molecule has 0 bridgehead atoms. The van der Waals surface area contributed by atoms with Crippen molar-refractivity contribution in [1.29, 1.82) is 5.26 Å². The van der Waals surface area contributed by atoms with E-state index in [4.69, 9.17) is 11.6 Å². The quantitative estimate of drug-likeness (QED) is 0.441. The van der Waals surface area contributed by atoms with Crippen molar-refractivity contribution in [1.82, 2.24) is 9.80 Å². The second kappa shape index (κ2) is 11.4. The number of aliphatic carboxylic acids is 1. The Balaban J connectivity index is 1.57. The summed E-state index contributed by atoms with van der Waals surface area (Å²) in [6, 6.07) is 21.0. The van der Waals surface area contributed by atoms with Crippen LogP contribution in [0.1, 0.15) is 34.7 Å². The first-order valence-electron chi connectivity index (χ1n) is 12.1. The lowest BCUT2D eigenvalue weighted by atomic mass is 9.95. The van der Waals surface area contributed by atoms with Gasteiger partial charge in [-0.2, -0.15) is 5.26 Å². The summed E-state index contributed by atoms with van der Waals surface area (Å²) in [7, 11) is 0. The van der Waals surface area contributed by atoms with Crippen LogP contribution in [0.2, 0.25) is 5.02 Å². The number of nitriles is 1. The Bertz CT molecular complexity index is 1400. The third-order valence-electron chi connectivity index (χ3n) is 6.79. The van der Waals surface area contributed by atoms with Crippen LogP contribution in [-0.4, -0.2) is 52.5 Å². The molecule has 0 aromatic heterocycles. The van der Waals surface area contributed by atoms with Crippen LogP contribution >= 0.6 is 11.6 Å². The summed E-state index contributed by atoms with van der Waals surface area (Å²) in [6.07, 6.45) is 3.79. The van der Waals surface area contributed by atoms with Gasteiger partial charge in [-0.25, -0.2) is 0 Å². The minimum atomic E-state index is -0.944. The number of piperazine rings is 1. The maximum Gasteiger partial charge on any atom is 0.322 e. The third kappa shape index (κ3) is 5.91. The third-order valence-corrected chi connectivity index (χ3v) is 7.11. The van der Waals surface area contributed by atoms with Crippen molar-refractivity contribution in [3.63, 3.8) is 0 Å². The first-order valence-corrected chi connectivity index (χ1v) is 12.4. The van der Waals surface area contributed by atoms with E-state index in [1.54, 1.807) is 4.90 Å². The molecule has 1 amide bonds. The van der Waals surface area contributed by atoms with Crippen molar-refractivity contribution in [2.24, 2.45) is 0 Å². The van der Waals surface area contributed by atoms with E-state index in [1.807, 2.05) is 84.6 Å². The first kappa shape index (κ1) is 26.2. The number of carboxylic acid groups (broad SMARTS) is 1. The van der Waals surface area contributed by atoms with E-state index in [9.17, 15) is 20.0 Å². The van der Waals surface area contributed by atoms with E-state index in [0.717, 1.165) is 33.4 Å². The van der Waals surface area contributed by atoms with Crippen LogP contribution in [0.25, 0.3) is 23.3 Å². The Morgan fingerprint density at radius 2 is 1.81 bits per heavy atom. The molecule has 1 fully saturated rings. The Labute approximate surface area is 222 Å². The zero-order chi connectivity index (χ0) is 26.5. The van der Waals surface area contributed by atoms with Crippen LogP contribution in [0.5, 0.6) is 0 Å². The molecule has 0 saturated carbocycles. The summed E-state index contributed by atoms with van der Waals surface area (Å²) >= 11 is 6.65. The van der Waals surface area contributed by atoms with Crippen LogP contribution in [0.4, 0.5) is 0 Å². The molecule has 1 saturated heterocycles. The number of nitrogens with zero attached hydrogens (tertiary/aromatic N) is 3. The molecule has 1 N–H and O–H groups in total. The molecule has 1 aliphatic heterocycles. The average Bonchev–Trinajstić information content (AvgIpc) is 2.89. The van der Waals surface area contributed by atoms with Crippen LogP contribution in [0, 0.1) is 18.3 Å². The molecule has 0 radical (unpaired) electrons. The second-order valence-corrected chi connectivity index (χ2v) is 9.58. The maximum absolute atomic E-state index is 11.9. The van der Waals surface area contributed by atoms with Gasteiger partial charge in [0.2, 0.25) is 5.91 Å². The summed E-state index contributed by atoms with van der Waals surface area (Å²) in [5.41, 5.74) is 5.99. The van der Waals surface area contributed by atoms with Crippen molar-refractivity contribution >= 4 is 35.6 Å². The van der Waals surface area contributed by atoms with Gasteiger partial charge in [0, 0.05) is 43.7 Å². The van der Waals surface area contributed by atoms with Gasteiger partial charge in [0.15, 0.2) is 0 Å². The second-order valence-electron chi connectivity index (χ2n) is 9.17. The number of amides is 1. The van der Waals surface area contributed by atoms with Crippen LogP contribution in [-0.2, 0) is 16.1 Å². The number of halogens is 1. The molecule has 1 atom stereocenters. The largest absolute Gasteiger partial charge is 0.480 e. The molecule has 1 heterocycles. The SMILES string of the molecule is CC(=O)N1CCN(Cc2cc(Cl)c(/C=C/c3cccc(-c4ccccc4)c3C#N)cc2C)[C@H](C(=O)O)C1. The molecular formula is C30H28ClN3O3. The number of carboxylic acids is 1. The van der Waals surface area contributed by atoms with Gasteiger partial charge < -0.3 is 10.0 Å². The number of carbonyl (C=O) groups is 2. The number of hydrogen-bond donors (Lipinski definition) is 1. The summed E-state index contributed by atoms with van der Waals surface area (Å²) in [4.78, 5) is 27.1. The number of benzene rings is 3. The minimum Gasteiger partial charge on any atom is -0.480 e. The summed E-state index contributed by atoms with van der Waals surface area (Å²) < 4.78 is 0. The van der Waals surface area contributed by atoms with E-state index < -0.39 is 12.0 Å². The maximum atomic E-state index is 11.9. The molecule has 1 aliphatic rings. The lowest BCUT2D eigenvalue weighted by Gasteiger charge is -2.39. The summed E-state index contributed by atoms with van der Waals surface area (Å²) in [5, 5.41) is 20.2. The van der Waals surface area contributed by atoms with Crippen molar-refractivity contribution < 1.29 is 14.7 Å². The van der Waals surface area contributed by atoms with E-state index in [0.29, 0.717) is 30.2 Å². The summed E-state index contributed by atoms with van der Waals surface area (Å²) in [5.74, 6) is -1.06. The van der Waals surface area contributed by atoms with Gasteiger partial charge in [0.1, 0.15) is 12.1 Å². The minimum absolute atomic E-state index is 0.116. The van der Waals surface area contributed by atoms with Gasteiger partial charge in [-0.3, -0.25) is 14.5 Å². The summed E-state index contributed by atoms with van der Waals surface area (Å²) in [6.45, 7) is 5.00. The van der Waals surface area contributed by atoms with Crippen molar-refractivity contribution in [3.05, 3.63) is 93.5 Å². The standard InChI is InChI=1S/C30H28ClN3O3/c1-20-15-24(12-11-23-9-6-10-26(27(23)17-32)22-7-4-3-5-8-22)28(31)16-25(20)18-34-14-13-33(21(2)35)19-29(34)30(36)37/h3-12,15-16,29H,13-14,18-19H2,1-2H3,(H,36,37)/b12-11+/t29-/m0/s1. The Morgan fingerprint density at radius 1 is 1.08 bits per heavy atom. The Morgan fingerprint density at radius 3 is 2.49 bits per heavy atom. The normalized spacial score (nSPS) is 16.1. The lowest BCUT2D eigenvalue weighted by Crippen LogP contribution is -2.56. The van der Waals surface area contributed by atoms with Crippen molar-refractivity contribution in [2.75, 3.05) is 19.6 Å². The highest BCUT2D eigenvalue weighted by Gasteiger charge is 2.33. The van der Waals surface area contributed by atoms with Gasteiger partial charge >= 0.3 is 5.97 Å². The Kier molecular flexibility index (Phi) is 8.08. The molecule has 188 valence electrons. The highest BCUT2D eigenvalue weighted by Crippen LogP contribution is 2.29. The molecule has 0 unspecified atom stereocenters. The van der Waals surface area contributed by atoms with Crippen molar-refractivity contribution in [2.45, 2.75) is 26.4 Å². The fourth-order valence-electron chi connectivity index (χ4n) is 4.66. The predicted octanol–water partition coefficient (Wildman–Crippen LogP) is 5.47. The number of hydrogen-bond acceptors (Lipinski definition) is 4. The molecule has 7 heteroatoms. The van der Waals surface area contributed by atoms with Gasteiger partial charge in [-0.15, -0.1) is 0 Å². The zero-order valence-corrected chi connectivity index (χ0v) is 21.6. The van der Waals surface area contributed by atoms with E-state index >= 15 is 0 Å². The van der Waals surface area contributed by atoms with Gasteiger partial charge in [-0.1, -0.05) is 78.4 Å². The van der Waals surface area contributed by atoms with Crippen LogP contribution in [0.15, 0.2) is 60.7 Å². The van der Waals surface area contributed by atoms with Crippen LogP contribution in [0.3, 0.4) is 0 Å². The number of carbonyl (C=O) groups excluding carboxylic acids is 1. The monoisotopic (exact) mass is 513 g/mol. The van der Waals surface area contributed by atoms with Gasteiger partial charge in [-0.05, 0) is 40.8 Å². The zero-order valence-electron chi connectivity index (χ0n) is 20.8. The van der Waals surface area contributed by atoms with E-state index in [-0.39, 0.29) is 12.5 Å². The van der Waals surface area contributed by atoms with Crippen LogP contribution < -0.4 is 0 Å². The molecule has 4 rings (SSSR count). The molecule has 6 nitrogen and oxygen atoms in total. The van der Waals surface area contributed by atoms with Gasteiger partial charge in [0.25, 0.3) is 0 Å². The molecule has 3 aromatic rings. The van der Waals surface area contributed by atoms with Crippen molar-refractivity contribution in [3.8, 4) is 17.2 Å². The fraction of sp³-hybridized carbons (Fsp3) is 0.233. The highest BCUT2D eigenvalue weighted by atomic mass is 35.5. The first-order chi connectivity index (χ1) is 17.8. The van der Waals surface area contributed by atoms with Gasteiger partial charge in [0.05, 0.1) is 5.56 Å². The molecular weight excluding hydrogens is 486 g/mol. The molecule has 3 aromatic carbocycles. The predicted molar refractivity (Wildman–Crippen MR) is 146 cm³/mol. The molecule has 37 heavy (non-hydrogen) atoms. The average molecular weight is 514 g/mol. The fourth-order valence-corrected chi connectivity index (χ4v) is 4.91. The smallest absolute Gasteiger partial charge is 0.322 e. The Hall–Kier alpha value is -3.92. The molecule has 0 spiro atoms. The number of rotatable bonds is 6. The lowest BCUT2D eigenvalue weighted by molar-refractivity contribution is -0.148.